The standard InChI is InChI=1S/C14H12F2O4/c1-19-14(18)11-6-5-10(20-11)12(17)8-3-2-4-9(7-8)13(15)16/h2-7,12-13,17H,1H3. The number of alkyl halides is 2. The van der Waals surface area contributed by atoms with Crippen LogP contribution in [0.15, 0.2) is 40.8 Å². The predicted octanol–water partition coefficient (Wildman–Crippen LogP) is 3.09. The number of methoxy groups -OCH3 is 1. The highest BCUT2D eigenvalue weighted by Crippen LogP contribution is 2.27. The highest BCUT2D eigenvalue weighted by molar-refractivity contribution is 5.86. The molecule has 0 saturated carbocycles. The van der Waals surface area contributed by atoms with Gasteiger partial charge in [0.25, 0.3) is 6.43 Å². The van der Waals surface area contributed by atoms with E-state index >= 15 is 0 Å². The van der Waals surface area contributed by atoms with E-state index < -0.39 is 18.5 Å². The Hall–Kier alpha value is -2.21. The lowest BCUT2D eigenvalue weighted by Crippen LogP contribution is -2.01. The van der Waals surface area contributed by atoms with Gasteiger partial charge in [-0.15, -0.1) is 0 Å². The van der Waals surface area contributed by atoms with Crippen LogP contribution < -0.4 is 0 Å². The number of hydrogen-bond acceptors (Lipinski definition) is 4. The molecule has 0 aliphatic heterocycles. The van der Waals surface area contributed by atoms with Gasteiger partial charge >= 0.3 is 5.97 Å². The van der Waals surface area contributed by atoms with E-state index in [4.69, 9.17) is 4.42 Å². The molecule has 6 heteroatoms. The second-order valence-corrected chi connectivity index (χ2v) is 4.07. The zero-order valence-electron chi connectivity index (χ0n) is 10.5. The van der Waals surface area contributed by atoms with Crippen LogP contribution in [-0.2, 0) is 4.74 Å². The van der Waals surface area contributed by atoms with Gasteiger partial charge in [-0.25, -0.2) is 13.6 Å². The Balaban J connectivity index is 2.26. The number of carbonyl (C=O) groups excluding carboxylic acids is 1. The van der Waals surface area contributed by atoms with Crippen LogP contribution in [0.5, 0.6) is 0 Å². The SMILES string of the molecule is COC(=O)c1ccc(C(O)c2cccc(C(F)F)c2)o1. The molecule has 0 fully saturated rings. The first-order chi connectivity index (χ1) is 9.52. The summed E-state index contributed by atoms with van der Waals surface area (Å²) in [4.78, 5) is 11.2. The fraction of sp³-hybridized carbons (Fsp3) is 0.214. The van der Waals surface area contributed by atoms with Crippen molar-refractivity contribution >= 4 is 5.97 Å². The highest BCUT2D eigenvalue weighted by atomic mass is 19.3. The van der Waals surface area contributed by atoms with E-state index in [-0.39, 0.29) is 22.6 Å². The summed E-state index contributed by atoms with van der Waals surface area (Å²) in [5, 5.41) is 10.1. The molecule has 0 radical (unpaired) electrons. The number of furan rings is 1. The molecule has 0 saturated heterocycles. The number of aliphatic hydroxyl groups is 1. The maximum Gasteiger partial charge on any atom is 0.373 e. The van der Waals surface area contributed by atoms with Crippen LogP contribution in [0, 0.1) is 0 Å². The number of hydrogen-bond donors (Lipinski definition) is 1. The molecule has 0 amide bonds. The maximum atomic E-state index is 12.6. The third-order valence-corrected chi connectivity index (χ3v) is 2.76. The first-order valence-corrected chi connectivity index (χ1v) is 5.77. The van der Waals surface area contributed by atoms with Crippen LogP contribution >= 0.6 is 0 Å². The van der Waals surface area contributed by atoms with Gasteiger partial charge < -0.3 is 14.3 Å². The van der Waals surface area contributed by atoms with Crippen LogP contribution in [0.4, 0.5) is 8.78 Å². The van der Waals surface area contributed by atoms with Crippen molar-refractivity contribution < 1.29 is 27.8 Å². The minimum absolute atomic E-state index is 0.0634. The summed E-state index contributed by atoms with van der Waals surface area (Å²) in [6, 6.07) is 8.12. The molecule has 1 N–H and O–H groups in total. The van der Waals surface area contributed by atoms with E-state index in [1.807, 2.05) is 0 Å². The van der Waals surface area contributed by atoms with Gasteiger partial charge in [0.05, 0.1) is 7.11 Å². The average molecular weight is 282 g/mol. The maximum absolute atomic E-state index is 12.6. The molecule has 1 unspecified atom stereocenters. The van der Waals surface area contributed by atoms with Gasteiger partial charge in [-0.1, -0.05) is 18.2 Å². The van der Waals surface area contributed by atoms with Crippen molar-refractivity contribution in [2.24, 2.45) is 0 Å². The zero-order valence-corrected chi connectivity index (χ0v) is 10.5. The zero-order chi connectivity index (χ0) is 14.7. The number of esters is 1. The van der Waals surface area contributed by atoms with E-state index in [9.17, 15) is 18.7 Å². The van der Waals surface area contributed by atoms with Crippen molar-refractivity contribution in [3.63, 3.8) is 0 Å². The van der Waals surface area contributed by atoms with Crippen molar-refractivity contribution in [2.75, 3.05) is 7.11 Å². The van der Waals surface area contributed by atoms with Crippen LogP contribution in [0.1, 0.15) is 40.0 Å². The average Bonchev–Trinajstić information content (AvgIpc) is 2.95. The molecular formula is C14H12F2O4. The van der Waals surface area contributed by atoms with Crippen molar-refractivity contribution in [3.8, 4) is 0 Å². The number of ether oxygens (including phenoxy) is 1. The molecule has 106 valence electrons. The number of benzene rings is 1. The van der Waals surface area contributed by atoms with Crippen LogP contribution in [-0.4, -0.2) is 18.2 Å². The molecule has 2 rings (SSSR count). The van der Waals surface area contributed by atoms with Gasteiger partial charge in [0.2, 0.25) is 5.76 Å². The lowest BCUT2D eigenvalue weighted by molar-refractivity contribution is 0.0558. The molecule has 1 atom stereocenters. The summed E-state index contributed by atoms with van der Waals surface area (Å²) >= 11 is 0. The van der Waals surface area contributed by atoms with Crippen molar-refractivity contribution in [2.45, 2.75) is 12.5 Å². The third-order valence-electron chi connectivity index (χ3n) is 2.76. The second-order valence-electron chi connectivity index (χ2n) is 4.07. The Morgan fingerprint density at radius 2 is 1.95 bits per heavy atom. The summed E-state index contributed by atoms with van der Waals surface area (Å²) in [6.07, 6.45) is -3.85. The molecular weight excluding hydrogens is 270 g/mol. The molecule has 2 aromatic rings. The van der Waals surface area contributed by atoms with E-state index in [1.54, 1.807) is 0 Å². The second kappa shape index (κ2) is 5.83. The highest BCUT2D eigenvalue weighted by Gasteiger charge is 2.19. The third kappa shape index (κ3) is 2.85. The molecule has 1 aromatic heterocycles. The van der Waals surface area contributed by atoms with Crippen LogP contribution in [0.3, 0.4) is 0 Å². The monoisotopic (exact) mass is 282 g/mol. The molecule has 4 nitrogen and oxygen atoms in total. The molecule has 0 aliphatic carbocycles. The summed E-state index contributed by atoms with van der Waals surface area (Å²) in [7, 11) is 1.20. The van der Waals surface area contributed by atoms with Crippen LogP contribution in [0.25, 0.3) is 0 Å². The van der Waals surface area contributed by atoms with Gasteiger partial charge in [-0.05, 0) is 23.8 Å². The fourth-order valence-corrected chi connectivity index (χ4v) is 1.74. The van der Waals surface area contributed by atoms with Crippen molar-refractivity contribution in [1.82, 2.24) is 0 Å². The Labute approximate surface area is 113 Å². The first-order valence-electron chi connectivity index (χ1n) is 5.77. The van der Waals surface area contributed by atoms with E-state index in [0.29, 0.717) is 0 Å². The van der Waals surface area contributed by atoms with Gasteiger partial charge in [0.15, 0.2) is 0 Å². The quantitative estimate of drug-likeness (QED) is 0.875. The molecule has 0 bridgehead atoms. The summed E-state index contributed by atoms with van der Waals surface area (Å²) in [6.45, 7) is 0. The van der Waals surface area contributed by atoms with Crippen LogP contribution in [0.2, 0.25) is 0 Å². The lowest BCUT2D eigenvalue weighted by Gasteiger charge is -2.09. The lowest BCUT2D eigenvalue weighted by atomic mass is 10.0. The number of carbonyl (C=O) groups is 1. The Morgan fingerprint density at radius 3 is 2.60 bits per heavy atom. The molecule has 0 spiro atoms. The number of halogens is 2. The molecule has 20 heavy (non-hydrogen) atoms. The normalized spacial score (nSPS) is 12.4. The largest absolute Gasteiger partial charge is 0.463 e. The first kappa shape index (κ1) is 14.2. The topological polar surface area (TPSA) is 59.7 Å². The minimum atomic E-state index is -2.62. The molecule has 1 aromatic carbocycles. The smallest absolute Gasteiger partial charge is 0.373 e. The summed E-state index contributed by atoms with van der Waals surface area (Å²) < 4.78 is 34.8. The Morgan fingerprint density at radius 1 is 1.25 bits per heavy atom. The Bertz CT molecular complexity index is 607. The van der Waals surface area contributed by atoms with Gasteiger partial charge in [-0.3, -0.25) is 0 Å². The Kier molecular flexibility index (Phi) is 4.14. The molecule has 1 heterocycles. The number of aliphatic hydroxyl groups excluding tert-OH is 1. The predicted molar refractivity (Wildman–Crippen MR) is 65.5 cm³/mol. The minimum Gasteiger partial charge on any atom is -0.463 e. The van der Waals surface area contributed by atoms with E-state index in [0.717, 1.165) is 0 Å². The summed E-state index contributed by atoms with van der Waals surface area (Å²) in [5.41, 5.74) is 0.0647. The fourth-order valence-electron chi connectivity index (χ4n) is 1.74. The van der Waals surface area contributed by atoms with Crippen molar-refractivity contribution in [1.29, 1.82) is 0 Å². The van der Waals surface area contributed by atoms with E-state index in [2.05, 4.69) is 4.74 Å². The van der Waals surface area contributed by atoms with Crippen molar-refractivity contribution in [3.05, 3.63) is 59.0 Å². The van der Waals surface area contributed by atoms with Gasteiger partial charge in [-0.2, -0.15) is 0 Å². The molecule has 0 aliphatic rings. The van der Waals surface area contributed by atoms with Gasteiger partial charge in [0.1, 0.15) is 11.9 Å². The number of rotatable bonds is 4. The summed E-state index contributed by atoms with van der Waals surface area (Å²) in [5.74, 6) is -0.659. The van der Waals surface area contributed by atoms with Gasteiger partial charge in [0, 0.05) is 5.56 Å². The van der Waals surface area contributed by atoms with E-state index in [1.165, 1.54) is 43.5 Å².